The van der Waals surface area contributed by atoms with Crippen molar-refractivity contribution in [3.63, 3.8) is 0 Å². The number of hydrogen-bond acceptors (Lipinski definition) is 3. The van der Waals surface area contributed by atoms with Crippen LogP contribution in [0.4, 0.5) is 0 Å². The van der Waals surface area contributed by atoms with Crippen LogP contribution in [-0.4, -0.2) is 53.1 Å². The number of carboxylic acid groups (broad SMARTS) is 1. The summed E-state index contributed by atoms with van der Waals surface area (Å²) in [4.78, 5) is 15.5. The Kier molecular flexibility index (Phi) is 6.41. The average molecular weight is 369 g/mol. The van der Waals surface area contributed by atoms with Gasteiger partial charge >= 0.3 is 5.97 Å². The molecule has 1 N–H and O–H groups in total. The summed E-state index contributed by atoms with van der Waals surface area (Å²) in [5, 5.41) is 9.01. The first-order valence-electron chi connectivity index (χ1n) is 7.97. The van der Waals surface area contributed by atoms with Crippen molar-refractivity contribution in [2.24, 2.45) is 0 Å². The van der Waals surface area contributed by atoms with Gasteiger partial charge in [0.05, 0.1) is 6.54 Å². The number of likely N-dealkylation sites (N-methyl/N-ethyl adjacent to an activating group) is 1. The van der Waals surface area contributed by atoms with Crippen LogP contribution in [0.5, 0.6) is 0 Å². The average Bonchev–Trinajstić information content (AvgIpc) is 2.52. The maximum Gasteiger partial charge on any atom is 0.317 e. The molecule has 1 aliphatic rings. The lowest BCUT2D eigenvalue weighted by Crippen LogP contribution is -2.47. The molecule has 0 bridgehead atoms. The molecule has 0 aromatic heterocycles. The lowest BCUT2D eigenvalue weighted by Gasteiger charge is -2.40. The molecule has 5 heteroatoms. The molecule has 1 heterocycles. The minimum atomic E-state index is -0.731. The quantitative estimate of drug-likeness (QED) is 0.835. The van der Waals surface area contributed by atoms with E-state index in [-0.39, 0.29) is 6.54 Å². The van der Waals surface area contributed by atoms with Crippen molar-refractivity contribution in [1.29, 1.82) is 0 Å². The number of carboxylic acids is 1. The third-order valence-corrected chi connectivity index (χ3v) is 5.39. The second-order valence-corrected chi connectivity index (χ2v) is 6.78. The Labute approximate surface area is 141 Å². The third-order valence-electron chi connectivity index (χ3n) is 4.66. The summed E-state index contributed by atoms with van der Waals surface area (Å²) in [5.41, 5.74) is 1.32. The highest BCUT2D eigenvalue weighted by atomic mass is 79.9. The fourth-order valence-electron chi connectivity index (χ4n) is 3.32. The van der Waals surface area contributed by atoms with E-state index in [4.69, 9.17) is 5.11 Å². The predicted molar refractivity (Wildman–Crippen MR) is 92.0 cm³/mol. The smallest absolute Gasteiger partial charge is 0.317 e. The maximum absolute atomic E-state index is 10.9. The highest BCUT2D eigenvalue weighted by Gasteiger charge is 2.27. The lowest BCUT2D eigenvalue weighted by molar-refractivity contribution is -0.139. The van der Waals surface area contributed by atoms with Gasteiger partial charge in [0, 0.05) is 29.6 Å². The van der Waals surface area contributed by atoms with Crippen LogP contribution in [0.3, 0.4) is 0 Å². The fraction of sp³-hybridized carbons (Fsp3) is 0.588. The van der Waals surface area contributed by atoms with Crippen LogP contribution >= 0.6 is 15.9 Å². The van der Waals surface area contributed by atoms with Crippen LogP contribution in [0.2, 0.25) is 0 Å². The zero-order chi connectivity index (χ0) is 16.1. The molecule has 0 aliphatic carbocycles. The van der Waals surface area contributed by atoms with Crippen LogP contribution in [0.1, 0.15) is 38.3 Å². The van der Waals surface area contributed by atoms with Gasteiger partial charge in [0.2, 0.25) is 0 Å². The van der Waals surface area contributed by atoms with E-state index in [1.807, 2.05) is 13.0 Å². The Morgan fingerprint density at radius 2 is 2.05 bits per heavy atom. The summed E-state index contributed by atoms with van der Waals surface area (Å²) < 4.78 is 1.16. The predicted octanol–water partition coefficient (Wildman–Crippen LogP) is 3.38. The van der Waals surface area contributed by atoms with Crippen LogP contribution in [0.25, 0.3) is 0 Å². The number of carbonyl (C=O) groups is 1. The molecular formula is C17H25BrN2O2. The zero-order valence-corrected chi connectivity index (χ0v) is 14.9. The van der Waals surface area contributed by atoms with Crippen molar-refractivity contribution in [3.8, 4) is 0 Å². The number of aliphatic carboxylic acids is 1. The Balaban J connectivity index is 1.94. The lowest BCUT2D eigenvalue weighted by atomic mass is 9.99. The van der Waals surface area contributed by atoms with Crippen molar-refractivity contribution in [1.82, 2.24) is 9.80 Å². The first-order valence-corrected chi connectivity index (χ1v) is 8.76. The van der Waals surface area contributed by atoms with Gasteiger partial charge in [-0.25, -0.2) is 0 Å². The van der Waals surface area contributed by atoms with E-state index in [1.165, 1.54) is 5.56 Å². The standard InChI is InChI=1S/C17H25BrN2O2/c1-3-19(12-17(21)22)14-8-10-20(11-9-14)13(2)15-6-4-5-7-16(15)18/h4-7,13-14H,3,8-12H2,1-2H3,(H,21,22). The molecule has 22 heavy (non-hydrogen) atoms. The molecule has 1 unspecified atom stereocenters. The molecule has 4 nitrogen and oxygen atoms in total. The number of rotatable bonds is 6. The molecule has 0 radical (unpaired) electrons. The summed E-state index contributed by atoms with van der Waals surface area (Å²) >= 11 is 3.64. The molecule has 1 aromatic carbocycles. The van der Waals surface area contributed by atoms with Gasteiger partial charge in [-0.15, -0.1) is 0 Å². The van der Waals surface area contributed by atoms with Gasteiger partial charge < -0.3 is 5.11 Å². The summed E-state index contributed by atoms with van der Waals surface area (Å²) in [6.07, 6.45) is 2.08. The molecular weight excluding hydrogens is 344 g/mol. The van der Waals surface area contributed by atoms with Crippen molar-refractivity contribution < 1.29 is 9.90 Å². The molecule has 0 spiro atoms. The maximum atomic E-state index is 10.9. The van der Waals surface area contributed by atoms with E-state index in [2.05, 4.69) is 50.9 Å². The van der Waals surface area contributed by atoms with E-state index >= 15 is 0 Å². The normalized spacial score (nSPS) is 18.5. The van der Waals surface area contributed by atoms with Gasteiger partial charge in [0.25, 0.3) is 0 Å². The molecule has 0 amide bonds. The van der Waals surface area contributed by atoms with Gasteiger partial charge in [-0.1, -0.05) is 41.1 Å². The van der Waals surface area contributed by atoms with Gasteiger partial charge in [0.1, 0.15) is 0 Å². The van der Waals surface area contributed by atoms with Gasteiger partial charge in [-0.2, -0.15) is 0 Å². The van der Waals surface area contributed by atoms with E-state index in [0.717, 1.165) is 36.9 Å². The Morgan fingerprint density at radius 3 is 2.59 bits per heavy atom. The van der Waals surface area contributed by atoms with Gasteiger partial charge in [-0.3, -0.25) is 14.6 Å². The number of piperidine rings is 1. The topological polar surface area (TPSA) is 43.8 Å². The van der Waals surface area contributed by atoms with Crippen molar-refractivity contribution in [2.75, 3.05) is 26.2 Å². The number of likely N-dealkylation sites (tertiary alicyclic amines) is 1. The number of halogens is 1. The van der Waals surface area contributed by atoms with Gasteiger partial charge in [-0.05, 0) is 37.9 Å². The Morgan fingerprint density at radius 1 is 1.41 bits per heavy atom. The molecule has 1 fully saturated rings. The summed E-state index contributed by atoms with van der Waals surface area (Å²) in [5.74, 6) is -0.731. The number of benzene rings is 1. The van der Waals surface area contributed by atoms with Crippen molar-refractivity contribution >= 4 is 21.9 Å². The Bertz CT molecular complexity index is 501. The first kappa shape index (κ1) is 17.4. The number of nitrogens with zero attached hydrogens (tertiary/aromatic N) is 2. The molecule has 1 aliphatic heterocycles. The monoisotopic (exact) mass is 368 g/mol. The third kappa shape index (κ3) is 4.31. The Hall–Kier alpha value is -0.910. The first-order chi connectivity index (χ1) is 10.5. The summed E-state index contributed by atoms with van der Waals surface area (Å²) in [7, 11) is 0. The minimum Gasteiger partial charge on any atom is -0.480 e. The summed E-state index contributed by atoms with van der Waals surface area (Å²) in [6.45, 7) is 7.28. The molecule has 1 aromatic rings. The molecule has 2 rings (SSSR count). The molecule has 1 saturated heterocycles. The van der Waals surface area contributed by atoms with Gasteiger partial charge in [0.15, 0.2) is 0 Å². The molecule has 0 saturated carbocycles. The van der Waals surface area contributed by atoms with Crippen LogP contribution in [0.15, 0.2) is 28.7 Å². The van der Waals surface area contributed by atoms with E-state index < -0.39 is 5.97 Å². The fourth-order valence-corrected chi connectivity index (χ4v) is 3.94. The SMILES string of the molecule is CCN(CC(=O)O)C1CCN(C(C)c2ccccc2Br)CC1. The van der Waals surface area contributed by atoms with Crippen LogP contribution in [-0.2, 0) is 4.79 Å². The highest BCUT2D eigenvalue weighted by molar-refractivity contribution is 9.10. The number of hydrogen-bond donors (Lipinski definition) is 1. The minimum absolute atomic E-state index is 0.154. The summed E-state index contributed by atoms with van der Waals surface area (Å²) in [6, 6.07) is 9.15. The van der Waals surface area contributed by atoms with Crippen molar-refractivity contribution in [3.05, 3.63) is 34.3 Å². The highest BCUT2D eigenvalue weighted by Crippen LogP contribution is 2.30. The van der Waals surface area contributed by atoms with E-state index in [9.17, 15) is 4.79 Å². The second-order valence-electron chi connectivity index (χ2n) is 5.92. The van der Waals surface area contributed by atoms with Crippen LogP contribution in [0, 0.1) is 0 Å². The second kappa shape index (κ2) is 8.09. The van der Waals surface area contributed by atoms with Crippen LogP contribution < -0.4 is 0 Å². The van der Waals surface area contributed by atoms with E-state index in [0.29, 0.717) is 12.1 Å². The largest absolute Gasteiger partial charge is 0.480 e. The molecule has 1 atom stereocenters. The van der Waals surface area contributed by atoms with Crippen molar-refractivity contribution in [2.45, 2.75) is 38.8 Å². The zero-order valence-electron chi connectivity index (χ0n) is 13.3. The van der Waals surface area contributed by atoms with E-state index in [1.54, 1.807) is 0 Å². The molecule has 122 valence electrons.